The van der Waals surface area contributed by atoms with E-state index in [4.69, 9.17) is 0 Å². The fourth-order valence-electron chi connectivity index (χ4n) is 3.73. The molecular weight excluding hydrogens is 378 g/mol. The first-order valence-electron chi connectivity index (χ1n) is 9.60. The lowest BCUT2D eigenvalue weighted by molar-refractivity contribution is -0.384. The van der Waals surface area contributed by atoms with E-state index >= 15 is 0 Å². The van der Waals surface area contributed by atoms with Gasteiger partial charge in [0.2, 0.25) is 0 Å². The van der Waals surface area contributed by atoms with E-state index < -0.39 is 4.92 Å². The third-order valence-electron chi connectivity index (χ3n) is 5.34. The Morgan fingerprint density at radius 2 is 1.67 bits per heavy atom. The van der Waals surface area contributed by atoms with Crippen LogP contribution in [-0.4, -0.2) is 27.8 Å². The zero-order chi connectivity index (χ0) is 21.3. The molecule has 1 heterocycles. The van der Waals surface area contributed by atoms with Gasteiger partial charge in [-0.15, -0.1) is 0 Å². The van der Waals surface area contributed by atoms with Crippen molar-refractivity contribution in [3.05, 3.63) is 111 Å². The Kier molecular flexibility index (Phi) is 5.06. The van der Waals surface area contributed by atoms with Crippen molar-refractivity contribution in [2.45, 2.75) is 13.0 Å². The molecule has 0 radical (unpaired) electrons. The number of nitrogens with zero attached hydrogens (tertiary/aromatic N) is 2. The molecule has 0 unspecified atom stereocenters. The topological polar surface area (TPSA) is 79.2 Å². The van der Waals surface area contributed by atoms with E-state index in [-0.39, 0.29) is 17.6 Å². The molecule has 0 aliphatic rings. The molecule has 3 aromatic carbocycles. The Morgan fingerprint density at radius 1 is 1.00 bits per heavy atom. The number of carbonyl (C=O) groups excluding carboxylic acids is 1. The quantitative estimate of drug-likeness (QED) is 0.368. The molecule has 1 aromatic heterocycles. The van der Waals surface area contributed by atoms with Crippen LogP contribution in [0.4, 0.5) is 5.69 Å². The highest BCUT2D eigenvalue weighted by molar-refractivity contribution is 5.95. The normalized spacial score (nSPS) is 11.9. The number of H-pyrrole nitrogens is 1. The summed E-state index contributed by atoms with van der Waals surface area (Å²) in [6, 6.07) is 21.5. The van der Waals surface area contributed by atoms with Crippen molar-refractivity contribution in [3.63, 3.8) is 0 Å². The van der Waals surface area contributed by atoms with Crippen molar-refractivity contribution in [3.8, 4) is 0 Å². The predicted octanol–water partition coefficient (Wildman–Crippen LogP) is 5.25. The van der Waals surface area contributed by atoms with Crippen molar-refractivity contribution in [1.82, 2.24) is 9.88 Å². The van der Waals surface area contributed by atoms with Crippen LogP contribution in [0.5, 0.6) is 0 Å². The highest BCUT2D eigenvalue weighted by Gasteiger charge is 2.27. The molecule has 1 N–H and O–H groups in total. The van der Waals surface area contributed by atoms with Crippen LogP contribution in [0.15, 0.2) is 79.0 Å². The zero-order valence-corrected chi connectivity index (χ0v) is 16.7. The molecule has 0 fully saturated rings. The molecule has 0 saturated heterocycles. The smallest absolute Gasteiger partial charge is 0.269 e. The lowest BCUT2D eigenvalue weighted by Crippen LogP contribution is -2.32. The SMILES string of the molecule is Cc1ccc([C@H](c2c[nH]c3ccccc23)N(C)C(=O)c2ccc([N+](=O)[O-])cc2)cc1. The third-order valence-corrected chi connectivity index (χ3v) is 5.34. The number of amides is 1. The zero-order valence-electron chi connectivity index (χ0n) is 16.7. The summed E-state index contributed by atoms with van der Waals surface area (Å²) in [5.41, 5.74) is 4.48. The molecule has 0 saturated carbocycles. The van der Waals surface area contributed by atoms with Crippen molar-refractivity contribution in [2.24, 2.45) is 0 Å². The summed E-state index contributed by atoms with van der Waals surface area (Å²) in [6.07, 6.45) is 1.94. The highest BCUT2D eigenvalue weighted by Crippen LogP contribution is 2.34. The van der Waals surface area contributed by atoms with Crippen molar-refractivity contribution in [1.29, 1.82) is 0 Å². The summed E-state index contributed by atoms with van der Waals surface area (Å²) in [7, 11) is 1.76. The van der Waals surface area contributed by atoms with Gasteiger partial charge >= 0.3 is 0 Å². The van der Waals surface area contributed by atoms with Gasteiger partial charge in [-0.1, -0.05) is 48.0 Å². The molecule has 0 spiro atoms. The first kappa shape index (κ1) is 19.4. The summed E-state index contributed by atoms with van der Waals surface area (Å²) in [5, 5.41) is 12.0. The van der Waals surface area contributed by atoms with Crippen LogP contribution in [-0.2, 0) is 0 Å². The number of para-hydroxylation sites is 1. The Balaban J connectivity index is 1.78. The second-order valence-electron chi connectivity index (χ2n) is 7.32. The molecule has 6 nitrogen and oxygen atoms in total. The van der Waals surface area contributed by atoms with Crippen LogP contribution < -0.4 is 0 Å². The molecule has 0 bridgehead atoms. The number of carbonyl (C=O) groups is 1. The van der Waals surface area contributed by atoms with Crippen LogP contribution in [0.3, 0.4) is 0 Å². The third kappa shape index (κ3) is 3.55. The minimum atomic E-state index is -0.473. The number of fused-ring (bicyclic) bond motifs is 1. The van der Waals surface area contributed by atoms with E-state index in [9.17, 15) is 14.9 Å². The van der Waals surface area contributed by atoms with Gasteiger partial charge < -0.3 is 9.88 Å². The van der Waals surface area contributed by atoms with Gasteiger partial charge in [0.25, 0.3) is 11.6 Å². The summed E-state index contributed by atoms with van der Waals surface area (Å²) in [5.74, 6) is -0.208. The standard InChI is InChI=1S/C24H21N3O3/c1-16-7-9-17(10-8-16)23(21-15-25-22-6-4-3-5-20(21)22)26(2)24(28)18-11-13-19(14-12-18)27(29)30/h3-15,23,25H,1-2H3/t23-/m1/s1. The number of hydrogen-bond acceptors (Lipinski definition) is 3. The number of nitrogens with one attached hydrogen (secondary N) is 1. The monoisotopic (exact) mass is 399 g/mol. The van der Waals surface area contributed by atoms with Crippen molar-refractivity contribution >= 4 is 22.5 Å². The van der Waals surface area contributed by atoms with Crippen molar-refractivity contribution < 1.29 is 9.72 Å². The minimum Gasteiger partial charge on any atom is -0.361 e. The molecule has 4 aromatic rings. The molecule has 4 rings (SSSR count). The summed E-state index contributed by atoms with van der Waals surface area (Å²) >= 11 is 0. The van der Waals surface area contributed by atoms with E-state index in [0.717, 1.165) is 27.6 Å². The fraction of sp³-hybridized carbons (Fsp3) is 0.125. The Morgan fingerprint density at radius 3 is 2.33 bits per heavy atom. The number of hydrogen-bond donors (Lipinski definition) is 1. The maximum atomic E-state index is 13.3. The van der Waals surface area contributed by atoms with Crippen LogP contribution in [0.1, 0.15) is 33.1 Å². The number of nitro groups is 1. The molecule has 30 heavy (non-hydrogen) atoms. The van der Waals surface area contributed by atoms with Crippen LogP contribution in [0.2, 0.25) is 0 Å². The molecule has 1 atom stereocenters. The van der Waals surface area contributed by atoms with Crippen LogP contribution in [0.25, 0.3) is 10.9 Å². The van der Waals surface area contributed by atoms with E-state index in [0.29, 0.717) is 5.56 Å². The van der Waals surface area contributed by atoms with E-state index in [1.807, 2.05) is 61.7 Å². The van der Waals surface area contributed by atoms with Gasteiger partial charge in [0.05, 0.1) is 11.0 Å². The molecule has 0 aliphatic heterocycles. The maximum absolute atomic E-state index is 13.3. The number of benzene rings is 3. The Bertz CT molecular complexity index is 1210. The molecule has 0 aliphatic carbocycles. The number of non-ortho nitro benzene ring substituents is 1. The molecule has 1 amide bonds. The minimum absolute atomic E-state index is 0.0408. The molecule has 6 heteroatoms. The number of rotatable bonds is 5. The van der Waals surface area contributed by atoms with Gasteiger partial charge in [0.1, 0.15) is 0 Å². The van der Waals surface area contributed by atoms with E-state index in [1.54, 1.807) is 11.9 Å². The lowest BCUT2D eigenvalue weighted by Gasteiger charge is -2.29. The highest BCUT2D eigenvalue weighted by atomic mass is 16.6. The first-order chi connectivity index (χ1) is 14.5. The van der Waals surface area contributed by atoms with E-state index in [2.05, 4.69) is 4.98 Å². The number of aryl methyl sites for hydroxylation is 1. The van der Waals surface area contributed by atoms with Gasteiger partial charge in [0, 0.05) is 47.4 Å². The Labute approximate surface area is 173 Å². The van der Waals surface area contributed by atoms with Crippen LogP contribution in [0, 0.1) is 17.0 Å². The summed E-state index contributed by atoms with van der Waals surface area (Å²) < 4.78 is 0. The summed E-state index contributed by atoms with van der Waals surface area (Å²) in [6.45, 7) is 2.02. The molecule has 150 valence electrons. The first-order valence-corrected chi connectivity index (χ1v) is 9.60. The summed E-state index contributed by atoms with van der Waals surface area (Å²) in [4.78, 5) is 28.7. The second-order valence-corrected chi connectivity index (χ2v) is 7.32. The van der Waals surface area contributed by atoms with Crippen molar-refractivity contribution in [2.75, 3.05) is 7.05 Å². The number of aromatic nitrogens is 1. The van der Waals surface area contributed by atoms with Crippen LogP contribution >= 0.6 is 0 Å². The van der Waals surface area contributed by atoms with Gasteiger partial charge in [0.15, 0.2) is 0 Å². The number of nitro benzene ring substituents is 1. The van der Waals surface area contributed by atoms with Gasteiger partial charge in [-0.2, -0.15) is 0 Å². The average molecular weight is 399 g/mol. The Hall–Kier alpha value is -3.93. The maximum Gasteiger partial charge on any atom is 0.269 e. The van der Waals surface area contributed by atoms with Gasteiger partial charge in [-0.25, -0.2) is 0 Å². The molecular formula is C24H21N3O3. The largest absolute Gasteiger partial charge is 0.361 e. The van der Waals surface area contributed by atoms with E-state index in [1.165, 1.54) is 24.3 Å². The fourth-order valence-corrected chi connectivity index (χ4v) is 3.73. The average Bonchev–Trinajstić information content (AvgIpc) is 3.18. The van der Waals surface area contributed by atoms with Gasteiger partial charge in [-0.05, 0) is 30.7 Å². The second kappa shape index (κ2) is 7.83. The predicted molar refractivity (Wildman–Crippen MR) is 117 cm³/mol. The van der Waals surface area contributed by atoms with Gasteiger partial charge in [-0.3, -0.25) is 14.9 Å². The number of aromatic amines is 1. The lowest BCUT2D eigenvalue weighted by atomic mass is 9.95.